The highest BCUT2D eigenvalue weighted by atomic mass is 32.1. The first-order valence-corrected chi connectivity index (χ1v) is 8.44. The number of thiazole rings is 1. The number of aliphatic hydroxyl groups is 1. The third kappa shape index (κ3) is 3.72. The van der Waals surface area contributed by atoms with Crippen molar-refractivity contribution in [3.05, 3.63) is 48.5 Å². The van der Waals surface area contributed by atoms with Gasteiger partial charge < -0.3 is 15.7 Å². The van der Waals surface area contributed by atoms with Crippen molar-refractivity contribution in [2.45, 2.75) is 19.4 Å². The highest BCUT2D eigenvalue weighted by Crippen LogP contribution is 2.31. The zero-order valence-electron chi connectivity index (χ0n) is 13.5. The van der Waals surface area contributed by atoms with Crippen LogP contribution in [0, 0.1) is 0 Å². The van der Waals surface area contributed by atoms with E-state index in [0.717, 1.165) is 20.8 Å². The van der Waals surface area contributed by atoms with E-state index in [-0.39, 0.29) is 12.6 Å². The molecule has 0 radical (unpaired) electrons. The summed E-state index contributed by atoms with van der Waals surface area (Å²) in [6.45, 7) is 3.38. The second-order valence-electron chi connectivity index (χ2n) is 6.19. The Bertz CT molecular complexity index is 840. The van der Waals surface area contributed by atoms with Gasteiger partial charge in [0.1, 0.15) is 5.01 Å². The maximum Gasteiger partial charge on any atom is 0.319 e. The van der Waals surface area contributed by atoms with Crippen LogP contribution >= 0.6 is 11.3 Å². The van der Waals surface area contributed by atoms with Crippen molar-refractivity contribution in [2.75, 3.05) is 11.9 Å². The van der Waals surface area contributed by atoms with E-state index < -0.39 is 5.54 Å². The van der Waals surface area contributed by atoms with Crippen molar-refractivity contribution in [1.82, 2.24) is 10.3 Å². The molecule has 0 unspecified atom stereocenters. The molecule has 0 aliphatic carbocycles. The Kier molecular flexibility index (Phi) is 4.51. The summed E-state index contributed by atoms with van der Waals surface area (Å²) in [5.41, 5.74) is 1.93. The molecule has 24 heavy (non-hydrogen) atoms. The minimum atomic E-state index is -0.672. The maximum atomic E-state index is 12.0. The van der Waals surface area contributed by atoms with Crippen LogP contribution in [0.3, 0.4) is 0 Å². The molecule has 0 fully saturated rings. The number of aliphatic hydroxyl groups excluding tert-OH is 1. The predicted molar refractivity (Wildman–Crippen MR) is 98.4 cm³/mol. The number of anilines is 1. The van der Waals surface area contributed by atoms with Gasteiger partial charge >= 0.3 is 6.03 Å². The van der Waals surface area contributed by atoms with E-state index in [0.29, 0.717) is 5.69 Å². The van der Waals surface area contributed by atoms with Crippen LogP contribution in [0.4, 0.5) is 10.5 Å². The highest BCUT2D eigenvalue weighted by molar-refractivity contribution is 7.21. The van der Waals surface area contributed by atoms with Crippen LogP contribution in [-0.4, -0.2) is 28.3 Å². The molecule has 2 amide bonds. The monoisotopic (exact) mass is 341 g/mol. The van der Waals surface area contributed by atoms with E-state index in [1.807, 2.05) is 48.5 Å². The number of urea groups is 1. The smallest absolute Gasteiger partial charge is 0.319 e. The third-order valence-corrected chi connectivity index (χ3v) is 4.59. The summed E-state index contributed by atoms with van der Waals surface area (Å²) in [7, 11) is 0. The molecule has 3 aromatic rings. The number of nitrogens with zero attached hydrogens (tertiary/aromatic N) is 1. The molecule has 0 saturated heterocycles. The van der Waals surface area contributed by atoms with E-state index in [1.54, 1.807) is 25.2 Å². The highest BCUT2D eigenvalue weighted by Gasteiger charge is 2.19. The Balaban J connectivity index is 1.80. The lowest BCUT2D eigenvalue weighted by atomic mass is 10.1. The Hall–Kier alpha value is -2.44. The molecule has 0 aliphatic heterocycles. The number of amides is 2. The molecule has 0 aliphatic rings. The number of nitrogens with one attached hydrogen (secondary N) is 2. The Morgan fingerprint density at radius 3 is 2.75 bits per heavy atom. The van der Waals surface area contributed by atoms with Gasteiger partial charge in [-0.1, -0.05) is 24.3 Å². The number of carbonyl (C=O) groups is 1. The molecule has 1 aromatic heterocycles. The Morgan fingerprint density at radius 2 is 2.00 bits per heavy atom. The van der Waals surface area contributed by atoms with Crippen molar-refractivity contribution in [3.8, 4) is 10.6 Å². The van der Waals surface area contributed by atoms with Crippen molar-refractivity contribution < 1.29 is 9.90 Å². The van der Waals surface area contributed by atoms with Crippen LogP contribution in [0.25, 0.3) is 20.8 Å². The summed E-state index contributed by atoms with van der Waals surface area (Å²) in [4.78, 5) is 16.7. The van der Waals surface area contributed by atoms with Gasteiger partial charge in [-0.25, -0.2) is 9.78 Å². The fourth-order valence-corrected chi connectivity index (χ4v) is 3.20. The SMILES string of the molecule is CC(C)(CO)NC(=O)Nc1cccc(-c2nc3ccccc3s2)c1. The predicted octanol–water partition coefficient (Wildman–Crippen LogP) is 3.86. The lowest BCUT2D eigenvalue weighted by Gasteiger charge is -2.23. The van der Waals surface area contributed by atoms with E-state index in [1.165, 1.54) is 0 Å². The normalized spacial score (nSPS) is 11.5. The summed E-state index contributed by atoms with van der Waals surface area (Å²) >= 11 is 1.62. The molecule has 0 saturated carbocycles. The van der Waals surface area contributed by atoms with Crippen LogP contribution in [0.5, 0.6) is 0 Å². The molecule has 2 aromatic carbocycles. The van der Waals surface area contributed by atoms with E-state index >= 15 is 0 Å². The van der Waals surface area contributed by atoms with Gasteiger partial charge in [-0.05, 0) is 38.1 Å². The molecule has 0 atom stereocenters. The Morgan fingerprint density at radius 1 is 1.21 bits per heavy atom. The van der Waals surface area contributed by atoms with Gasteiger partial charge in [0.15, 0.2) is 0 Å². The molecule has 3 rings (SSSR count). The van der Waals surface area contributed by atoms with Gasteiger partial charge in [-0.15, -0.1) is 11.3 Å². The zero-order chi connectivity index (χ0) is 17.2. The van der Waals surface area contributed by atoms with Crippen LogP contribution in [0.2, 0.25) is 0 Å². The minimum absolute atomic E-state index is 0.133. The molecule has 3 N–H and O–H groups in total. The largest absolute Gasteiger partial charge is 0.394 e. The van der Waals surface area contributed by atoms with Gasteiger partial charge in [-0.2, -0.15) is 0 Å². The Labute approximate surface area is 144 Å². The zero-order valence-corrected chi connectivity index (χ0v) is 14.4. The average Bonchev–Trinajstić information content (AvgIpc) is 2.98. The summed E-state index contributed by atoms with van der Waals surface area (Å²) in [5, 5.41) is 15.6. The second kappa shape index (κ2) is 6.59. The number of aromatic nitrogens is 1. The number of benzene rings is 2. The summed E-state index contributed by atoms with van der Waals surface area (Å²) in [6.07, 6.45) is 0. The number of carbonyl (C=O) groups excluding carboxylic acids is 1. The topological polar surface area (TPSA) is 74.2 Å². The van der Waals surface area contributed by atoms with Crippen molar-refractivity contribution >= 4 is 33.3 Å². The van der Waals surface area contributed by atoms with Crippen molar-refractivity contribution in [1.29, 1.82) is 0 Å². The first kappa shape index (κ1) is 16.4. The van der Waals surface area contributed by atoms with Gasteiger partial charge in [0, 0.05) is 11.3 Å². The third-order valence-electron chi connectivity index (χ3n) is 3.51. The fourth-order valence-electron chi connectivity index (χ4n) is 2.23. The van der Waals surface area contributed by atoms with E-state index in [9.17, 15) is 9.90 Å². The first-order chi connectivity index (χ1) is 11.5. The standard InChI is InChI=1S/C18H19N3O2S/c1-18(2,11-22)21-17(23)19-13-7-5-6-12(10-13)16-20-14-8-3-4-9-15(14)24-16/h3-10,22H,11H2,1-2H3,(H2,19,21,23). The van der Waals surface area contributed by atoms with Crippen LogP contribution in [-0.2, 0) is 0 Å². The summed E-state index contributed by atoms with van der Waals surface area (Å²) in [5.74, 6) is 0. The molecule has 6 heteroatoms. The van der Waals surface area contributed by atoms with Gasteiger partial charge in [0.25, 0.3) is 0 Å². The molecule has 1 heterocycles. The lowest BCUT2D eigenvalue weighted by Crippen LogP contribution is -2.48. The summed E-state index contributed by atoms with van der Waals surface area (Å²) < 4.78 is 1.13. The number of fused-ring (bicyclic) bond motifs is 1. The molecule has 0 spiro atoms. The van der Waals surface area contributed by atoms with Gasteiger partial charge in [0.2, 0.25) is 0 Å². The minimum Gasteiger partial charge on any atom is -0.394 e. The van der Waals surface area contributed by atoms with Crippen LogP contribution in [0.1, 0.15) is 13.8 Å². The number of hydrogen-bond donors (Lipinski definition) is 3. The second-order valence-corrected chi connectivity index (χ2v) is 7.22. The lowest BCUT2D eigenvalue weighted by molar-refractivity contribution is 0.187. The molecule has 5 nitrogen and oxygen atoms in total. The molecular formula is C18H19N3O2S. The van der Waals surface area contributed by atoms with Crippen LogP contribution < -0.4 is 10.6 Å². The van der Waals surface area contributed by atoms with Gasteiger partial charge in [0.05, 0.1) is 22.4 Å². The maximum absolute atomic E-state index is 12.0. The molecule has 124 valence electrons. The van der Waals surface area contributed by atoms with E-state index in [2.05, 4.69) is 15.6 Å². The number of para-hydroxylation sites is 1. The first-order valence-electron chi connectivity index (χ1n) is 7.63. The van der Waals surface area contributed by atoms with Crippen molar-refractivity contribution in [3.63, 3.8) is 0 Å². The van der Waals surface area contributed by atoms with E-state index in [4.69, 9.17) is 0 Å². The number of rotatable bonds is 4. The number of hydrogen-bond acceptors (Lipinski definition) is 4. The van der Waals surface area contributed by atoms with Crippen LogP contribution in [0.15, 0.2) is 48.5 Å². The fraction of sp³-hybridized carbons (Fsp3) is 0.222. The van der Waals surface area contributed by atoms with Gasteiger partial charge in [-0.3, -0.25) is 0 Å². The summed E-state index contributed by atoms with van der Waals surface area (Å²) in [6, 6.07) is 15.2. The molecular weight excluding hydrogens is 322 g/mol. The van der Waals surface area contributed by atoms with Crippen molar-refractivity contribution in [2.24, 2.45) is 0 Å². The quantitative estimate of drug-likeness (QED) is 0.675. The average molecular weight is 341 g/mol. The molecule has 0 bridgehead atoms.